The molecule has 1 saturated heterocycles. The van der Waals surface area contributed by atoms with Crippen LogP contribution in [0.15, 0.2) is 22.7 Å². The van der Waals surface area contributed by atoms with Crippen molar-refractivity contribution in [2.75, 3.05) is 30.9 Å². The number of nitrogens with one attached hydrogen (secondary N) is 2. The predicted molar refractivity (Wildman–Crippen MR) is 75.9 cm³/mol. The van der Waals surface area contributed by atoms with Crippen molar-refractivity contribution >= 4 is 31.8 Å². The van der Waals surface area contributed by atoms with Gasteiger partial charge in [-0.3, -0.25) is 4.72 Å². The molecule has 0 aromatic heterocycles. The van der Waals surface area contributed by atoms with Gasteiger partial charge in [0.05, 0.1) is 5.69 Å². The van der Waals surface area contributed by atoms with Crippen LogP contribution in [0.25, 0.3) is 0 Å². The lowest BCUT2D eigenvalue weighted by Crippen LogP contribution is -2.48. The lowest BCUT2D eigenvalue weighted by molar-refractivity contribution is 0.362. The van der Waals surface area contributed by atoms with E-state index in [0.29, 0.717) is 31.9 Å². The highest BCUT2D eigenvalue weighted by atomic mass is 79.9. The Kier molecular flexibility index (Phi) is 4.26. The molecule has 0 aliphatic carbocycles. The van der Waals surface area contributed by atoms with Crippen molar-refractivity contribution in [3.8, 4) is 0 Å². The summed E-state index contributed by atoms with van der Waals surface area (Å²) < 4.78 is 29.4. The van der Waals surface area contributed by atoms with Gasteiger partial charge in [0, 0.05) is 30.7 Å². The summed E-state index contributed by atoms with van der Waals surface area (Å²) in [7, 11) is -3.44. The predicted octanol–water partition coefficient (Wildman–Crippen LogP) is 1.32. The SMILES string of the molecule is Cc1cc(Br)ccc1NS(=O)(=O)N1CCNCC1. The smallest absolute Gasteiger partial charge is 0.301 e. The molecule has 0 unspecified atom stereocenters. The average molecular weight is 334 g/mol. The number of aryl methyl sites for hydroxylation is 1. The molecule has 0 saturated carbocycles. The summed E-state index contributed by atoms with van der Waals surface area (Å²) in [5.41, 5.74) is 1.51. The lowest BCUT2D eigenvalue weighted by atomic mass is 10.2. The number of halogens is 1. The van der Waals surface area contributed by atoms with Gasteiger partial charge in [-0.2, -0.15) is 12.7 Å². The van der Waals surface area contributed by atoms with Gasteiger partial charge in [-0.15, -0.1) is 0 Å². The maximum atomic E-state index is 12.2. The number of piperazine rings is 1. The maximum Gasteiger partial charge on any atom is 0.301 e. The van der Waals surface area contributed by atoms with Gasteiger partial charge >= 0.3 is 10.2 Å². The van der Waals surface area contributed by atoms with Crippen LogP contribution in [0, 0.1) is 6.92 Å². The van der Waals surface area contributed by atoms with Crippen molar-refractivity contribution in [3.63, 3.8) is 0 Å². The zero-order chi connectivity index (χ0) is 13.2. The minimum atomic E-state index is -3.44. The summed E-state index contributed by atoms with van der Waals surface area (Å²) in [6, 6.07) is 5.47. The number of nitrogens with zero attached hydrogens (tertiary/aromatic N) is 1. The average Bonchev–Trinajstić information content (AvgIpc) is 2.34. The molecule has 1 aliphatic rings. The zero-order valence-electron chi connectivity index (χ0n) is 10.1. The van der Waals surface area contributed by atoms with Crippen LogP contribution < -0.4 is 10.0 Å². The number of benzene rings is 1. The number of hydrogen-bond donors (Lipinski definition) is 2. The first-order valence-electron chi connectivity index (χ1n) is 5.74. The highest BCUT2D eigenvalue weighted by Gasteiger charge is 2.23. The number of anilines is 1. The molecule has 0 atom stereocenters. The van der Waals surface area contributed by atoms with Crippen LogP contribution in [-0.2, 0) is 10.2 Å². The Balaban J connectivity index is 2.16. The molecule has 0 amide bonds. The van der Waals surface area contributed by atoms with Gasteiger partial charge in [0.25, 0.3) is 0 Å². The summed E-state index contributed by atoms with van der Waals surface area (Å²) in [5.74, 6) is 0. The summed E-state index contributed by atoms with van der Waals surface area (Å²) in [6.45, 7) is 4.27. The molecule has 0 radical (unpaired) electrons. The molecule has 0 spiro atoms. The summed E-state index contributed by atoms with van der Waals surface area (Å²) >= 11 is 3.36. The van der Waals surface area contributed by atoms with Crippen molar-refractivity contribution in [2.24, 2.45) is 0 Å². The van der Waals surface area contributed by atoms with E-state index in [2.05, 4.69) is 26.0 Å². The number of rotatable bonds is 3. The standard InChI is InChI=1S/C11H16BrN3O2S/c1-9-8-10(12)2-3-11(9)14-18(16,17)15-6-4-13-5-7-15/h2-3,8,13-14H,4-7H2,1H3. The van der Waals surface area contributed by atoms with E-state index in [1.54, 1.807) is 6.07 Å². The highest BCUT2D eigenvalue weighted by Crippen LogP contribution is 2.21. The molecule has 1 aromatic rings. The second-order valence-corrected chi connectivity index (χ2v) is 6.80. The minimum absolute atomic E-state index is 0.505. The quantitative estimate of drug-likeness (QED) is 0.876. The monoisotopic (exact) mass is 333 g/mol. The molecular formula is C11H16BrN3O2S. The fourth-order valence-electron chi connectivity index (χ4n) is 1.83. The molecule has 2 rings (SSSR count). The third-order valence-corrected chi connectivity index (χ3v) is 4.86. The molecule has 100 valence electrons. The Hall–Kier alpha value is -0.630. The Bertz CT molecular complexity index is 527. The van der Waals surface area contributed by atoms with E-state index in [4.69, 9.17) is 0 Å². The van der Waals surface area contributed by atoms with Crippen molar-refractivity contribution in [2.45, 2.75) is 6.92 Å². The van der Waals surface area contributed by atoms with Crippen LogP contribution >= 0.6 is 15.9 Å². The van der Waals surface area contributed by atoms with Crippen LogP contribution in [0.2, 0.25) is 0 Å². The molecule has 0 bridgehead atoms. The van der Waals surface area contributed by atoms with E-state index in [0.717, 1.165) is 10.0 Å². The van der Waals surface area contributed by atoms with Crippen LogP contribution in [0.4, 0.5) is 5.69 Å². The van der Waals surface area contributed by atoms with Crippen molar-refractivity contribution < 1.29 is 8.42 Å². The maximum absolute atomic E-state index is 12.2. The van der Waals surface area contributed by atoms with Gasteiger partial charge in [-0.25, -0.2) is 0 Å². The molecule has 2 N–H and O–H groups in total. The molecule has 1 aromatic carbocycles. The van der Waals surface area contributed by atoms with Crippen LogP contribution in [-0.4, -0.2) is 38.9 Å². The molecule has 1 aliphatic heterocycles. The summed E-state index contributed by atoms with van der Waals surface area (Å²) in [5, 5.41) is 3.13. The lowest BCUT2D eigenvalue weighted by Gasteiger charge is -2.27. The fourth-order valence-corrected chi connectivity index (χ4v) is 3.60. The van der Waals surface area contributed by atoms with Gasteiger partial charge < -0.3 is 5.32 Å². The Morgan fingerprint density at radius 1 is 1.33 bits per heavy atom. The Morgan fingerprint density at radius 2 is 2.00 bits per heavy atom. The highest BCUT2D eigenvalue weighted by molar-refractivity contribution is 9.10. The van der Waals surface area contributed by atoms with Gasteiger partial charge in [0.1, 0.15) is 0 Å². The molecule has 7 heteroatoms. The van der Waals surface area contributed by atoms with Gasteiger partial charge in [0.15, 0.2) is 0 Å². The topological polar surface area (TPSA) is 61.4 Å². The first-order valence-corrected chi connectivity index (χ1v) is 7.97. The summed E-state index contributed by atoms with van der Waals surface area (Å²) in [6.07, 6.45) is 0. The van der Waals surface area contributed by atoms with Gasteiger partial charge in [-0.05, 0) is 30.7 Å². The van der Waals surface area contributed by atoms with Crippen LogP contribution in [0.3, 0.4) is 0 Å². The molecule has 5 nitrogen and oxygen atoms in total. The van der Waals surface area contributed by atoms with Crippen molar-refractivity contribution in [1.29, 1.82) is 0 Å². The number of hydrogen-bond acceptors (Lipinski definition) is 3. The van der Waals surface area contributed by atoms with E-state index in [1.165, 1.54) is 4.31 Å². The molecule has 18 heavy (non-hydrogen) atoms. The minimum Gasteiger partial charge on any atom is -0.314 e. The molecular weight excluding hydrogens is 318 g/mol. The normalized spacial score (nSPS) is 17.7. The van der Waals surface area contributed by atoms with E-state index >= 15 is 0 Å². The van der Waals surface area contributed by atoms with Gasteiger partial charge in [0.2, 0.25) is 0 Å². The van der Waals surface area contributed by atoms with E-state index in [1.807, 2.05) is 19.1 Å². The second kappa shape index (κ2) is 5.56. The third-order valence-electron chi connectivity index (χ3n) is 2.84. The largest absolute Gasteiger partial charge is 0.314 e. The fraction of sp³-hybridized carbons (Fsp3) is 0.455. The Labute approximate surface area is 116 Å². The third kappa shape index (κ3) is 3.23. The first kappa shape index (κ1) is 13.8. The van der Waals surface area contributed by atoms with E-state index < -0.39 is 10.2 Å². The molecule has 1 fully saturated rings. The van der Waals surface area contributed by atoms with E-state index in [-0.39, 0.29) is 0 Å². The van der Waals surface area contributed by atoms with Gasteiger partial charge in [-0.1, -0.05) is 15.9 Å². The Morgan fingerprint density at radius 3 is 2.61 bits per heavy atom. The zero-order valence-corrected chi connectivity index (χ0v) is 12.5. The van der Waals surface area contributed by atoms with Crippen LogP contribution in [0.5, 0.6) is 0 Å². The van der Waals surface area contributed by atoms with E-state index in [9.17, 15) is 8.42 Å². The molecule has 1 heterocycles. The second-order valence-electron chi connectivity index (χ2n) is 4.22. The van der Waals surface area contributed by atoms with Crippen LogP contribution in [0.1, 0.15) is 5.56 Å². The van der Waals surface area contributed by atoms with Crippen molar-refractivity contribution in [1.82, 2.24) is 9.62 Å². The summed E-state index contributed by atoms with van der Waals surface area (Å²) in [4.78, 5) is 0. The van der Waals surface area contributed by atoms with Crippen molar-refractivity contribution in [3.05, 3.63) is 28.2 Å². The first-order chi connectivity index (χ1) is 8.49.